The molecule has 1 aromatic carbocycles. The van der Waals surface area contributed by atoms with Crippen LogP contribution in [0.5, 0.6) is 0 Å². The van der Waals surface area contributed by atoms with Crippen LogP contribution in [-0.2, 0) is 39.9 Å². The molecule has 0 radical (unpaired) electrons. The van der Waals surface area contributed by atoms with Crippen molar-refractivity contribution in [3.8, 4) is 0 Å². The smallest absolute Gasteiger partial charge is 0.311 e. The van der Waals surface area contributed by atoms with Crippen LogP contribution < -0.4 is 5.32 Å². The fourth-order valence-corrected chi connectivity index (χ4v) is 8.02. The van der Waals surface area contributed by atoms with E-state index in [2.05, 4.69) is 30.5 Å². The summed E-state index contributed by atoms with van der Waals surface area (Å²) in [5.41, 5.74) is 0.530. The number of nitrogens with one attached hydrogen (secondary N) is 1. The van der Waals surface area contributed by atoms with Crippen molar-refractivity contribution in [3.63, 3.8) is 0 Å². The zero-order valence-corrected chi connectivity index (χ0v) is 24.2. The van der Waals surface area contributed by atoms with Crippen LogP contribution >= 0.6 is 0 Å². The lowest BCUT2D eigenvalue weighted by atomic mass is 9.82. The molecule has 1 amide bonds. The quantitative estimate of drug-likeness (QED) is 0.473. The molecule has 1 N–H and O–H groups in total. The van der Waals surface area contributed by atoms with E-state index in [0.717, 1.165) is 25.5 Å². The highest BCUT2D eigenvalue weighted by molar-refractivity contribution is 7.90. The Labute approximate surface area is 225 Å². The van der Waals surface area contributed by atoms with Gasteiger partial charge in [-0.05, 0) is 60.6 Å². The highest BCUT2D eigenvalue weighted by Crippen LogP contribution is 2.51. The predicted octanol–water partition coefficient (Wildman–Crippen LogP) is 2.99. The van der Waals surface area contributed by atoms with Gasteiger partial charge >= 0.3 is 5.97 Å². The van der Waals surface area contributed by atoms with Gasteiger partial charge in [-0.1, -0.05) is 26.8 Å². The van der Waals surface area contributed by atoms with E-state index in [9.17, 15) is 26.4 Å². The number of amidine groups is 1. The standard InChI is InChI=1S/C26H37N3O7S2/c1-26(2,3)10-11-29(24-18-8-7-17(13-18)23(24)25(31)36-4)22(30)14-21-27-19-9-6-16(15-37(5,32)33)12-20(19)38(34,35)28-21/h6,9,12,17-18,23-24H,7-8,10-11,13-15H2,1-5H3,(H,27,28). The summed E-state index contributed by atoms with van der Waals surface area (Å²) in [7, 11) is -6.13. The van der Waals surface area contributed by atoms with E-state index >= 15 is 0 Å². The Hall–Kier alpha value is -2.47. The molecule has 210 valence electrons. The number of ether oxygens (including phenoxy) is 1. The molecule has 4 atom stereocenters. The number of rotatable bonds is 8. The van der Waals surface area contributed by atoms with Crippen LogP contribution in [-0.4, -0.2) is 65.4 Å². The first-order valence-electron chi connectivity index (χ1n) is 12.9. The van der Waals surface area contributed by atoms with E-state index in [-0.39, 0.29) is 69.7 Å². The lowest BCUT2D eigenvalue weighted by molar-refractivity contribution is -0.152. The van der Waals surface area contributed by atoms with Gasteiger partial charge in [-0.3, -0.25) is 9.59 Å². The molecule has 1 heterocycles. The molecule has 10 nitrogen and oxygen atoms in total. The van der Waals surface area contributed by atoms with Gasteiger partial charge in [-0.25, -0.2) is 8.42 Å². The molecule has 0 saturated heterocycles. The number of carbonyl (C=O) groups is 2. The number of benzene rings is 1. The lowest BCUT2D eigenvalue weighted by Gasteiger charge is -2.40. The highest BCUT2D eigenvalue weighted by atomic mass is 32.2. The SMILES string of the molecule is COC(=O)C1C2CCC(C2)C1N(CCC(C)(C)C)C(=O)CC1=NS(=O)(=O)c2cc(CS(C)(=O)=O)ccc2N1. The second-order valence-electron chi connectivity index (χ2n) is 12.0. The molecule has 0 aromatic heterocycles. The van der Waals surface area contributed by atoms with Gasteiger partial charge in [0, 0.05) is 18.8 Å². The number of carbonyl (C=O) groups excluding carboxylic acids is 2. The van der Waals surface area contributed by atoms with Crippen molar-refractivity contribution < 1.29 is 31.2 Å². The maximum absolute atomic E-state index is 13.8. The topological polar surface area (TPSA) is 139 Å². The lowest BCUT2D eigenvalue weighted by Crippen LogP contribution is -2.51. The molecule has 3 aliphatic rings. The van der Waals surface area contributed by atoms with Crippen molar-refractivity contribution in [2.24, 2.45) is 27.6 Å². The van der Waals surface area contributed by atoms with E-state index < -0.39 is 19.9 Å². The minimum atomic E-state index is -4.15. The summed E-state index contributed by atoms with van der Waals surface area (Å²) in [4.78, 5) is 28.2. The van der Waals surface area contributed by atoms with E-state index in [1.54, 1.807) is 11.0 Å². The van der Waals surface area contributed by atoms with Gasteiger partial charge in [-0.15, -0.1) is 4.40 Å². The van der Waals surface area contributed by atoms with Crippen molar-refractivity contribution in [2.45, 2.75) is 69.6 Å². The van der Waals surface area contributed by atoms with Gasteiger partial charge in [0.05, 0.1) is 30.9 Å². The number of sulfone groups is 1. The third-order valence-corrected chi connectivity index (χ3v) is 9.92. The predicted molar refractivity (Wildman–Crippen MR) is 144 cm³/mol. The molecule has 12 heteroatoms. The Balaban J connectivity index is 1.60. The third-order valence-electron chi connectivity index (χ3n) is 7.71. The number of methoxy groups -OCH3 is 1. The van der Waals surface area contributed by atoms with Crippen LogP contribution in [0.15, 0.2) is 27.5 Å². The first-order valence-corrected chi connectivity index (χ1v) is 16.4. The minimum absolute atomic E-state index is 0.00287. The van der Waals surface area contributed by atoms with Crippen molar-refractivity contribution in [1.82, 2.24) is 4.90 Å². The van der Waals surface area contributed by atoms with E-state index in [1.165, 1.54) is 19.2 Å². The fourth-order valence-electron chi connectivity index (χ4n) is 6.04. The van der Waals surface area contributed by atoms with Crippen molar-refractivity contribution >= 4 is 43.3 Å². The highest BCUT2D eigenvalue weighted by Gasteiger charge is 2.54. The minimum Gasteiger partial charge on any atom is -0.469 e. The Bertz CT molecular complexity index is 1360. The zero-order valence-electron chi connectivity index (χ0n) is 22.6. The monoisotopic (exact) mass is 567 g/mol. The van der Waals surface area contributed by atoms with Crippen LogP contribution in [0.25, 0.3) is 0 Å². The molecule has 2 fully saturated rings. The van der Waals surface area contributed by atoms with Crippen LogP contribution in [0, 0.1) is 23.2 Å². The molecule has 2 aliphatic carbocycles. The van der Waals surface area contributed by atoms with Crippen molar-refractivity contribution in [3.05, 3.63) is 23.8 Å². The normalized spacial score (nSPS) is 25.8. The number of nitrogens with zero attached hydrogens (tertiary/aromatic N) is 2. The summed E-state index contributed by atoms with van der Waals surface area (Å²) in [6, 6.07) is 4.04. The number of fused-ring (bicyclic) bond motifs is 3. The molecular formula is C26H37N3O7S2. The Morgan fingerprint density at radius 3 is 2.50 bits per heavy atom. The average molecular weight is 568 g/mol. The van der Waals surface area contributed by atoms with Gasteiger partial charge in [0.15, 0.2) is 9.84 Å². The fraction of sp³-hybridized carbons (Fsp3) is 0.654. The van der Waals surface area contributed by atoms with Gasteiger partial charge < -0.3 is 15.0 Å². The molecule has 0 spiro atoms. The molecule has 4 unspecified atom stereocenters. The van der Waals surface area contributed by atoms with Gasteiger partial charge in [0.25, 0.3) is 10.0 Å². The molecule has 2 saturated carbocycles. The van der Waals surface area contributed by atoms with Gasteiger partial charge in [-0.2, -0.15) is 8.42 Å². The second-order valence-corrected chi connectivity index (χ2v) is 15.7. The largest absolute Gasteiger partial charge is 0.469 e. The van der Waals surface area contributed by atoms with Crippen LogP contribution in [0.4, 0.5) is 5.69 Å². The van der Waals surface area contributed by atoms with Crippen LogP contribution in [0.2, 0.25) is 0 Å². The first-order chi connectivity index (χ1) is 17.6. The number of sulfonamides is 1. The number of hydrogen-bond acceptors (Lipinski definition) is 8. The number of hydrogen-bond donors (Lipinski definition) is 1. The summed E-state index contributed by atoms with van der Waals surface area (Å²) in [6.07, 6.45) is 4.28. The Morgan fingerprint density at radius 1 is 1.18 bits per heavy atom. The Kier molecular flexibility index (Phi) is 7.70. The Morgan fingerprint density at radius 2 is 1.87 bits per heavy atom. The summed E-state index contributed by atoms with van der Waals surface area (Å²) < 4.78 is 58.3. The zero-order chi connectivity index (χ0) is 28.0. The second kappa shape index (κ2) is 10.3. The molecule has 2 bridgehead atoms. The van der Waals surface area contributed by atoms with E-state index in [4.69, 9.17) is 4.74 Å². The van der Waals surface area contributed by atoms with Crippen molar-refractivity contribution in [1.29, 1.82) is 0 Å². The van der Waals surface area contributed by atoms with Crippen LogP contribution in [0.3, 0.4) is 0 Å². The van der Waals surface area contributed by atoms with E-state index in [0.29, 0.717) is 18.5 Å². The number of amides is 1. The average Bonchev–Trinajstić information content (AvgIpc) is 3.39. The maximum atomic E-state index is 13.8. The molecule has 38 heavy (non-hydrogen) atoms. The summed E-state index contributed by atoms with van der Waals surface area (Å²) in [5, 5.41) is 2.95. The van der Waals surface area contributed by atoms with E-state index in [1.807, 2.05) is 0 Å². The number of esters is 1. The molecule has 1 aliphatic heterocycles. The van der Waals surface area contributed by atoms with Gasteiger partial charge in [0.1, 0.15) is 10.7 Å². The van der Waals surface area contributed by atoms with Crippen LogP contribution in [0.1, 0.15) is 58.4 Å². The maximum Gasteiger partial charge on any atom is 0.311 e. The first kappa shape index (κ1) is 28.5. The number of anilines is 1. The molecule has 4 rings (SSSR count). The molecule has 1 aromatic rings. The van der Waals surface area contributed by atoms with Gasteiger partial charge in [0.2, 0.25) is 5.91 Å². The summed E-state index contributed by atoms with van der Waals surface area (Å²) in [6.45, 7) is 6.70. The summed E-state index contributed by atoms with van der Waals surface area (Å²) in [5.74, 6) is -0.894. The van der Waals surface area contributed by atoms with Crippen molar-refractivity contribution in [2.75, 3.05) is 25.2 Å². The molecular weight excluding hydrogens is 530 g/mol. The third kappa shape index (κ3) is 6.22. The summed E-state index contributed by atoms with van der Waals surface area (Å²) >= 11 is 0.